The van der Waals surface area contributed by atoms with Gasteiger partial charge in [0.15, 0.2) is 0 Å². The van der Waals surface area contributed by atoms with Crippen LogP contribution in [0.5, 0.6) is 5.75 Å². The molecule has 0 unspecified atom stereocenters. The number of carbonyl (C=O) groups is 1. The van der Waals surface area contributed by atoms with E-state index < -0.39 is 0 Å². The molecule has 0 bridgehead atoms. The quantitative estimate of drug-likeness (QED) is 0.493. The Morgan fingerprint density at radius 2 is 2.18 bits per heavy atom. The van der Waals surface area contributed by atoms with Gasteiger partial charge in [0.25, 0.3) is 0 Å². The van der Waals surface area contributed by atoms with Crippen LogP contribution in [0.15, 0.2) is 18.2 Å². The van der Waals surface area contributed by atoms with Crippen molar-refractivity contribution in [3.63, 3.8) is 0 Å². The van der Waals surface area contributed by atoms with Gasteiger partial charge in [0.2, 0.25) is 5.91 Å². The molecule has 5 heteroatoms. The summed E-state index contributed by atoms with van der Waals surface area (Å²) in [4.78, 5) is 10.5. The molecule has 1 aromatic rings. The molecule has 0 heterocycles. The lowest BCUT2D eigenvalue weighted by molar-refractivity contribution is -0.118. The first-order chi connectivity index (χ1) is 8.15. The number of anilines is 2. The molecule has 17 heavy (non-hydrogen) atoms. The number of hydrogen-bond donors (Lipinski definition) is 3. The molecule has 0 aliphatic heterocycles. The molecule has 0 spiro atoms. The van der Waals surface area contributed by atoms with Crippen molar-refractivity contribution in [1.82, 2.24) is 0 Å². The van der Waals surface area contributed by atoms with Crippen LogP contribution in [0.1, 0.15) is 19.3 Å². The van der Waals surface area contributed by atoms with Gasteiger partial charge in [0, 0.05) is 13.0 Å². The molecule has 0 aliphatic rings. The monoisotopic (exact) mass is 237 g/mol. The predicted octanol–water partition coefficient (Wildman–Crippen LogP) is 1.34. The zero-order valence-electron chi connectivity index (χ0n) is 10.0. The molecule has 0 saturated carbocycles. The summed E-state index contributed by atoms with van der Waals surface area (Å²) in [6.07, 6.45) is 2.08. The minimum absolute atomic E-state index is 0.258. The van der Waals surface area contributed by atoms with Crippen LogP contribution in [0.3, 0.4) is 0 Å². The van der Waals surface area contributed by atoms with Gasteiger partial charge in [-0.15, -0.1) is 0 Å². The average molecular weight is 237 g/mol. The highest BCUT2D eigenvalue weighted by atomic mass is 16.5. The topological polar surface area (TPSA) is 90.4 Å². The zero-order valence-corrected chi connectivity index (χ0v) is 10.0. The van der Waals surface area contributed by atoms with Crippen LogP contribution in [0.4, 0.5) is 11.4 Å². The Hall–Kier alpha value is -1.91. The maximum Gasteiger partial charge on any atom is 0.217 e. The number of carbonyl (C=O) groups excluding carboxylic acids is 1. The smallest absolute Gasteiger partial charge is 0.217 e. The number of nitrogens with one attached hydrogen (secondary N) is 1. The van der Waals surface area contributed by atoms with Crippen LogP contribution < -0.4 is 21.5 Å². The summed E-state index contributed by atoms with van der Waals surface area (Å²) in [5.41, 5.74) is 12.4. The van der Waals surface area contributed by atoms with Crippen molar-refractivity contribution in [2.24, 2.45) is 5.73 Å². The van der Waals surface area contributed by atoms with Gasteiger partial charge in [0.05, 0.1) is 18.5 Å². The van der Waals surface area contributed by atoms with Crippen LogP contribution in [0.2, 0.25) is 0 Å². The Kier molecular flexibility index (Phi) is 5.13. The van der Waals surface area contributed by atoms with E-state index in [2.05, 4.69) is 5.32 Å². The fourth-order valence-electron chi connectivity index (χ4n) is 1.52. The van der Waals surface area contributed by atoms with E-state index >= 15 is 0 Å². The van der Waals surface area contributed by atoms with Crippen molar-refractivity contribution in [3.8, 4) is 5.75 Å². The highest BCUT2D eigenvalue weighted by Crippen LogP contribution is 2.28. The first-order valence-electron chi connectivity index (χ1n) is 5.59. The number of amides is 1. The molecule has 1 aromatic carbocycles. The van der Waals surface area contributed by atoms with Crippen LogP contribution in [-0.2, 0) is 4.79 Å². The van der Waals surface area contributed by atoms with Gasteiger partial charge in [-0.05, 0) is 25.0 Å². The summed E-state index contributed by atoms with van der Waals surface area (Å²) in [7, 11) is 1.59. The largest absolute Gasteiger partial charge is 0.495 e. The third-order valence-electron chi connectivity index (χ3n) is 2.45. The third kappa shape index (κ3) is 4.22. The van der Waals surface area contributed by atoms with E-state index in [9.17, 15) is 4.79 Å². The number of para-hydroxylation sites is 1. The summed E-state index contributed by atoms with van der Waals surface area (Å²) >= 11 is 0. The molecule has 5 nitrogen and oxygen atoms in total. The van der Waals surface area contributed by atoms with Crippen LogP contribution >= 0.6 is 0 Å². The molecule has 0 aromatic heterocycles. The van der Waals surface area contributed by atoms with E-state index in [1.54, 1.807) is 7.11 Å². The SMILES string of the molecule is COc1cccc(NCCCCC(N)=O)c1N. The maximum atomic E-state index is 10.5. The van der Waals surface area contributed by atoms with Crippen molar-refractivity contribution >= 4 is 17.3 Å². The first kappa shape index (κ1) is 13.2. The minimum Gasteiger partial charge on any atom is -0.495 e. The number of hydrogen-bond acceptors (Lipinski definition) is 4. The van der Waals surface area contributed by atoms with E-state index in [1.165, 1.54) is 0 Å². The Bertz CT molecular complexity index is 380. The third-order valence-corrected chi connectivity index (χ3v) is 2.45. The number of unbranched alkanes of at least 4 members (excludes halogenated alkanes) is 1. The van der Waals surface area contributed by atoms with E-state index in [0.717, 1.165) is 25.1 Å². The number of nitrogens with two attached hydrogens (primary N) is 2. The summed E-state index contributed by atoms with van der Waals surface area (Å²) in [6, 6.07) is 5.58. The lowest BCUT2D eigenvalue weighted by atomic mass is 10.2. The predicted molar refractivity (Wildman–Crippen MR) is 68.9 cm³/mol. The number of primary amides is 1. The van der Waals surface area contributed by atoms with E-state index in [1.807, 2.05) is 18.2 Å². The van der Waals surface area contributed by atoms with Gasteiger partial charge in [-0.25, -0.2) is 0 Å². The summed E-state index contributed by atoms with van der Waals surface area (Å²) < 4.78 is 5.12. The van der Waals surface area contributed by atoms with Gasteiger partial charge >= 0.3 is 0 Å². The van der Waals surface area contributed by atoms with E-state index in [0.29, 0.717) is 17.9 Å². The number of methoxy groups -OCH3 is 1. The van der Waals surface area contributed by atoms with Gasteiger partial charge in [-0.1, -0.05) is 6.07 Å². The minimum atomic E-state index is -0.258. The highest BCUT2D eigenvalue weighted by molar-refractivity contribution is 5.74. The van der Waals surface area contributed by atoms with Crippen LogP contribution in [0.25, 0.3) is 0 Å². The molecule has 1 rings (SSSR count). The Balaban J connectivity index is 2.39. The summed E-state index contributed by atoms with van der Waals surface area (Å²) in [6.45, 7) is 0.755. The van der Waals surface area contributed by atoms with Crippen molar-refractivity contribution in [1.29, 1.82) is 0 Å². The first-order valence-corrected chi connectivity index (χ1v) is 5.59. The Morgan fingerprint density at radius 3 is 2.82 bits per heavy atom. The Morgan fingerprint density at radius 1 is 1.41 bits per heavy atom. The number of rotatable bonds is 7. The Labute approximate surface area is 101 Å². The number of nitrogen functional groups attached to an aromatic ring is 1. The lowest BCUT2D eigenvalue weighted by Gasteiger charge is -2.11. The normalized spacial score (nSPS) is 9.94. The van der Waals surface area contributed by atoms with Gasteiger partial charge < -0.3 is 21.5 Å². The standard InChI is InChI=1S/C12H19N3O2/c1-17-10-6-4-5-9(12(10)14)15-8-3-2-7-11(13)16/h4-6,15H,2-3,7-8,14H2,1H3,(H2,13,16). The lowest BCUT2D eigenvalue weighted by Crippen LogP contribution is -2.11. The van der Waals surface area contributed by atoms with Crippen LogP contribution in [-0.4, -0.2) is 19.6 Å². The molecule has 94 valence electrons. The second-order valence-electron chi connectivity index (χ2n) is 3.77. The zero-order chi connectivity index (χ0) is 12.7. The molecule has 0 fully saturated rings. The van der Waals surface area contributed by atoms with Crippen molar-refractivity contribution in [2.75, 3.05) is 24.7 Å². The molecule has 0 radical (unpaired) electrons. The van der Waals surface area contributed by atoms with E-state index in [-0.39, 0.29) is 5.91 Å². The van der Waals surface area contributed by atoms with Crippen molar-refractivity contribution < 1.29 is 9.53 Å². The molecule has 0 saturated heterocycles. The number of benzene rings is 1. The van der Waals surface area contributed by atoms with Gasteiger partial charge in [-0.2, -0.15) is 0 Å². The summed E-state index contributed by atoms with van der Waals surface area (Å²) in [5, 5.41) is 3.20. The molecular formula is C12H19N3O2. The molecule has 0 atom stereocenters. The second kappa shape index (κ2) is 6.62. The van der Waals surface area contributed by atoms with Gasteiger partial charge in [0.1, 0.15) is 5.75 Å². The van der Waals surface area contributed by atoms with Crippen LogP contribution in [0, 0.1) is 0 Å². The molecule has 1 amide bonds. The fraction of sp³-hybridized carbons (Fsp3) is 0.417. The fourth-order valence-corrected chi connectivity index (χ4v) is 1.52. The molecular weight excluding hydrogens is 218 g/mol. The average Bonchev–Trinajstić information content (AvgIpc) is 2.30. The van der Waals surface area contributed by atoms with Gasteiger partial charge in [-0.3, -0.25) is 4.79 Å². The molecule has 0 aliphatic carbocycles. The molecule has 5 N–H and O–H groups in total. The van der Waals surface area contributed by atoms with Crippen molar-refractivity contribution in [3.05, 3.63) is 18.2 Å². The second-order valence-corrected chi connectivity index (χ2v) is 3.77. The highest BCUT2D eigenvalue weighted by Gasteiger charge is 2.03. The van der Waals surface area contributed by atoms with E-state index in [4.69, 9.17) is 16.2 Å². The maximum absolute atomic E-state index is 10.5. The summed E-state index contributed by atoms with van der Waals surface area (Å²) in [5.74, 6) is 0.401. The number of ether oxygens (including phenoxy) is 1. The van der Waals surface area contributed by atoms with Crippen molar-refractivity contribution in [2.45, 2.75) is 19.3 Å².